The predicted molar refractivity (Wildman–Crippen MR) is 44.6 cm³/mol. The molecule has 1 aliphatic rings. The van der Waals surface area contributed by atoms with Gasteiger partial charge in [-0.2, -0.15) is 0 Å². The minimum atomic E-state index is 0.534. The Balaban J connectivity index is 2.73. The van der Waals surface area contributed by atoms with Crippen molar-refractivity contribution in [2.75, 3.05) is 6.67 Å². The second-order valence-corrected chi connectivity index (χ2v) is 3.30. The lowest BCUT2D eigenvalue weighted by atomic mass is 10.3. The molecule has 12 heavy (non-hydrogen) atoms. The molecule has 1 aromatic heterocycles. The molecule has 0 N–H and O–H groups in total. The normalized spacial score (nSPS) is 14.0. The Hall–Kier alpha value is -1.36. The maximum atomic E-state index is 4.24. The molecule has 58 valence electrons. The van der Waals surface area contributed by atoms with E-state index >= 15 is 0 Å². The van der Waals surface area contributed by atoms with Gasteiger partial charge < -0.3 is 0 Å². The van der Waals surface area contributed by atoms with Gasteiger partial charge >= 0.3 is 0 Å². The third-order valence-electron chi connectivity index (χ3n) is 1.84. The first-order valence-corrected chi connectivity index (χ1v) is 4.32. The highest BCUT2D eigenvalue weighted by molar-refractivity contribution is 7.12. The van der Waals surface area contributed by atoms with Crippen LogP contribution in [0.4, 0.5) is 0 Å². The summed E-state index contributed by atoms with van der Waals surface area (Å²) in [6.45, 7) is 0.534. The fraction of sp³-hybridized carbons (Fsp3) is 0.143. The van der Waals surface area contributed by atoms with Gasteiger partial charge in [-0.15, -0.1) is 5.10 Å². The molecule has 5 heteroatoms. The lowest BCUT2D eigenvalue weighted by Crippen LogP contribution is -2.21. The Labute approximate surface area is 71.5 Å². The monoisotopic (exact) mass is 176 g/mol. The Morgan fingerprint density at radius 1 is 1.25 bits per heavy atom. The summed E-state index contributed by atoms with van der Waals surface area (Å²) in [7, 11) is 0. The third kappa shape index (κ3) is 0.660. The van der Waals surface area contributed by atoms with Gasteiger partial charge in [-0.1, -0.05) is 4.49 Å². The first-order valence-electron chi connectivity index (χ1n) is 3.55. The molecule has 0 spiro atoms. The van der Waals surface area contributed by atoms with Crippen LogP contribution in [0.25, 0.3) is 10.2 Å². The lowest BCUT2D eigenvalue weighted by molar-refractivity contribution is 1.06. The molecule has 1 aromatic carbocycles. The van der Waals surface area contributed by atoms with Crippen LogP contribution in [0.5, 0.6) is 0 Å². The van der Waals surface area contributed by atoms with Gasteiger partial charge in [-0.05, 0) is 23.7 Å². The fourth-order valence-corrected chi connectivity index (χ4v) is 1.86. The van der Waals surface area contributed by atoms with E-state index in [0.29, 0.717) is 6.67 Å². The Morgan fingerprint density at radius 2 is 2.25 bits per heavy atom. The summed E-state index contributed by atoms with van der Waals surface area (Å²) in [4.78, 5) is 8.44. The molecule has 0 unspecified atom stereocenters. The number of hydrogen-bond acceptors (Lipinski definition) is 5. The molecule has 0 saturated carbocycles. The molecule has 0 bridgehead atoms. The molecular formula is C7H4N4S. The van der Waals surface area contributed by atoms with Crippen LogP contribution >= 0.6 is 11.5 Å². The zero-order valence-corrected chi connectivity index (χ0v) is 6.88. The van der Waals surface area contributed by atoms with E-state index in [-0.39, 0.29) is 0 Å². The molecule has 0 atom stereocenters. The van der Waals surface area contributed by atoms with Crippen LogP contribution in [-0.4, -0.2) is 16.3 Å². The van der Waals surface area contributed by atoms with E-state index < -0.39 is 0 Å². The van der Waals surface area contributed by atoms with Gasteiger partial charge in [0.15, 0.2) is 0 Å². The van der Waals surface area contributed by atoms with Crippen molar-refractivity contribution in [1.82, 2.24) is 9.59 Å². The van der Waals surface area contributed by atoms with Crippen molar-refractivity contribution in [2.24, 2.45) is 9.98 Å². The number of fused-ring (bicyclic) bond motifs is 3. The summed E-state index contributed by atoms with van der Waals surface area (Å²) in [5.41, 5.74) is 0.888. The summed E-state index contributed by atoms with van der Waals surface area (Å²) < 4.78 is 4.95. The maximum absolute atomic E-state index is 4.24. The highest BCUT2D eigenvalue weighted by Gasteiger charge is 2.04. The van der Waals surface area contributed by atoms with Crippen molar-refractivity contribution in [3.8, 4) is 0 Å². The van der Waals surface area contributed by atoms with Crippen LogP contribution < -0.4 is 10.7 Å². The van der Waals surface area contributed by atoms with Crippen LogP contribution in [0, 0.1) is 0 Å². The predicted octanol–water partition coefficient (Wildman–Crippen LogP) is -0.0984. The average Bonchev–Trinajstić information content (AvgIpc) is 2.71. The average molecular weight is 176 g/mol. The van der Waals surface area contributed by atoms with Crippen molar-refractivity contribution < 1.29 is 0 Å². The van der Waals surface area contributed by atoms with E-state index in [1.165, 1.54) is 11.5 Å². The van der Waals surface area contributed by atoms with Gasteiger partial charge in [-0.25, -0.2) is 0 Å². The Morgan fingerprint density at radius 3 is 3.25 bits per heavy atom. The van der Waals surface area contributed by atoms with Crippen molar-refractivity contribution in [3.63, 3.8) is 0 Å². The number of hydrogen-bond donors (Lipinski definition) is 0. The largest absolute Gasteiger partial charge is 0.260 e. The molecule has 0 fully saturated rings. The SMILES string of the molecule is c1cc2snnc2c2c1=NCN=2. The van der Waals surface area contributed by atoms with E-state index in [2.05, 4.69) is 19.6 Å². The second-order valence-electron chi connectivity index (χ2n) is 2.51. The van der Waals surface area contributed by atoms with Gasteiger partial charge in [0, 0.05) is 0 Å². The lowest BCUT2D eigenvalue weighted by Gasteiger charge is -1.82. The van der Waals surface area contributed by atoms with Crippen LogP contribution in [-0.2, 0) is 0 Å². The van der Waals surface area contributed by atoms with Crippen LogP contribution in [0.2, 0.25) is 0 Å². The van der Waals surface area contributed by atoms with Crippen molar-refractivity contribution >= 4 is 21.7 Å². The van der Waals surface area contributed by atoms with E-state index in [1.54, 1.807) is 0 Å². The third-order valence-corrected chi connectivity index (χ3v) is 2.53. The summed E-state index contributed by atoms with van der Waals surface area (Å²) in [6, 6.07) is 3.96. The van der Waals surface area contributed by atoms with Gasteiger partial charge in [0.1, 0.15) is 17.5 Å². The minimum absolute atomic E-state index is 0.534. The Bertz CT molecular complexity index is 556. The van der Waals surface area contributed by atoms with Crippen molar-refractivity contribution in [1.29, 1.82) is 0 Å². The minimum Gasteiger partial charge on any atom is -0.260 e. The van der Waals surface area contributed by atoms with Crippen LogP contribution in [0.3, 0.4) is 0 Å². The molecule has 0 saturated heterocycles. The zero-order valence-electron chi connectivity index (χ0n) is 6.06. The quantitative estimate of drug-likeness (QED) is 0.563. The molecular weight excluding hydrogens is 172 g/mol. The molecule has 4 nitrogen and oxygen atoms in total. The molecule has 3 rings (SSSR count). The highest BCUT2D eigenvalue weighted by atomic mass is 32.1. The molecule has 0 amide bonds. The first kappa shape index (κ1) is 6.19. The molecule has 0 radical (unpaired) electrons. The number of rotatable bonds is 0. The first-order chi connectivity index (χ1) is 5.95. The molecule has 2 heterocycles. The smallest absolute Gasteiger partial charge is 0.133 e. The highest BCUT2D eigenvalue weighted by Crippen LogP contribution is 2.08. The van der Waals surface area contributed by atoms with Crippen LogP contribution in [0.1, 0.15) is 0 Å². The standard InChI is InChI=1S/C7H4N4S/c1-2-5-7(10-11-12-5)6-4(1)8-3-9-6/h1-2H,3H2. The Kier molecular flexibility index (Phi) is 1.07. The number of benzene rings is 1. The van der Waals surface area contributed by atoms with Gasteiger partial charge in [-0.3, -0.25) is 9.98 Å². The summed E-state index contributed by atoms with van der Waals surface area (Å²) in [6.07, 6.45) is 0. The fourth-order valence-electron chi connectivity index (χ4n) is 1.29. The summed E-state index contributed by atoms with van der Waals surface area (Å²) >= 11 is 1.39. The maximum Gasteiger partial charge on any atom is 0.133 e. The van der Waals surface area contributed by atoms with Gasteiger partial charge in [0.25, 0.3) is 0 Å². The summed E-state index contributed by atoms with van der Waals surface area (Å²) in [5, 5.41) is 5.85. The number of aromatic nitrogens is 2. The van der Waals surface area contributed by atoms with Crippen molar-refractivity contribution in [3.05, 3.63) is 22.8 Å². The second kappa shape index (κ2) is 2.07. The topological polar surface area (TPSA) is 50.5 Å². The molecule has 0 aliphatic carbocycles. The van der Waals surface area contributed by atoms with E-state index in [0.717, 1.165) is 20.9 Å². The van der Waals surface area contributed by atoms with Crippen molar-refractivity contribution in [2.45, 2.75) is 0 Å². The zero-order chi connectivity index (χ0) is 7.97. The van der Waals surface area contributed by atoms with Gasteiger partial charge in [0.05, 0.1) is 10.1 Å². The van der Waals surface area contributed by atoms with Crippen LogP contribution in [0.15, 0.2) is 22.1 Å². The van der Waals surface area contributed by atoms with E-state index in [4.69, 9.17) is 0 Å². The van der Waals surface area contributed by atoms with E-state index in [1.807, 2.05) is 12.1 Å². The summed E-state index contributed by atoms with van der Waals surface area (Å²) in [5.74, 6) is 0. The van der Waals surface area contributed by atoms with E-state index in [9.17, 15) is 0 Å². The molecule has 1 aliphatic heterocycles. The molecule has 2 aromatic rings. The number of nitrogens with zero attached hydrogens (tertiary/aromatic N) is 4. The van der Waals surface area contributed by atoms with Gasteiger partial charge in [0.2, 0.25) is 0 Å².